The first-order chi connectivity index (χ1) is 4.74. The minimum Gasteiger partial charge on any atom is -0.397 e. The standard InChI is InChI=1S/C7H9ClN2/c8-4-5-1-2-6(9)7(10)3-5/h1-3H,4,9-10H2. The third-order valence-electron chi connectivity index (χ3n) is 1.31. The lowest BCUT2D eigenvalue weighted by Crippen LogP contribution is -1.94. The predicted octanol–water partition coefficient (Wildman–Crippen LogP) is 1.59. The number of hydrogen-bond donors (Lipinski definition) is 2. The van der Waals surface area contributed by atoms with Crippen molar-refractivity contribution in [1.82, 2.24) is 0 Å². The zero-order valence-electron chi connectivity index (χ0n) is 5.47. The molecule has 0 saturated heterocycles. The summed E-state index contributed by atoms with van der Waals surface area (Å²) in [6.07, 6.45) is 0. The van der Waals surface area contributed by atoms with Gasteiger partial charge in [0.05, 0.1) is 11.4 Å². The number of hydrogen-bond acceptors (Lipinski definition) is 2. The van der Waals surface area contributed by atoms with Gasteiger partial charge in [-0.15, -0.1) is 11.6 Å². The molecule has 4 N–H and O–H groups in total. The topological polar surface area (TPSA) is 52.0 Å². The molecule has 0 aliphatic carbocycles. The maximum absolute atomic E-state index is 5.55. The Morgan fingerprint density at radius 2 is 1.90 bits per heavy atom. The van der Waals surface area contributed by atoms with Crippen LogP contribution in [0.5, 0.6) is 0 Å². The second kappa shape index (κ2) is 2.80. The Morgan fingerprint density at radius 3 is 2.40 bits per heavy atom. The molecule has 0 spiro atoms. The average Bonchev–Trinajstić information content (AvgIpc) is 1.95. The molecule has 0 amide bonds. The van der Waals surface area contributed by atoms with Crippen molar-refractivity contribution in [1.29, 1.82) is 0 Å². The molecule has 1 aromatic rings. The molecule has 0 radical (unpaired) electrons. The molecule has 0 aliphatic rings. The number of rotatable bonds is 1. The summed E-state index contributed by atoms with van der Waals surface area (Å²) in [7, 11) is 0. The van der Waals surface area contributed by atoms with Crippen LogP contribution in [0.15, 0.2) is 18.2 Å². The average molecular weight is 157 g/mol. The van der Waals surface area contributed by atoms with Crippen LogP contribution in [0.2, 0.25) is 0 Å². The van der Waals surface area contributed by atoms with E-state index in [4.69, 9.17) is 23.1 Å². The van der Waals surface area contributed by atoms with Crippen molar-refractivity contribution in [2.75, 3.05) is 11.5 Å². The second-order valence-electron chi connectivity index (χ2n) is 2.10. The molecule has 0 bridgehead atoms. The Hall–Kier alpha value is -0.890. The highest BCUT2D eigenvalue weighted by Gasteiger charge is 1.94. The molecule has 2 nitrogen and oxygen atoms in total. The van der Waals surface area contributed by atoms with Gasteiger partial charge in [0.25, 0.3) is 0 Å². The van der Waals surface area contributed by atoms with Gasteiger partial charge >= 0.3 is 0 Å². The first-order valence-electron chi connectivity index (χ1n) is 2.94. The molecule has 0 heterocycles. The highest BCUT2D eigenvalue weighted by atomic mass is 35.5. The zero-order valence-corrected chi connectivity index (χ0v) is 6.23. The van der Waals surface area contributed by atoms with Gasteiger partial charge in [-0.1, -0.05) is 6.07 Å². The lowest BCUT2D eigenvalue weighted by atomic mass is 10.2. The van der Waals surface area contributed by atoms with E-state index >= 15 is 0 Å². The maximum Gasteiger partial charge on any atom is 0.0550 e. The van der Waals surface area contributed by atoms with E-state index in [0.29, 0.717) is 17.3 Å². The lowest BCUT2D eigenvalue weighted by Gasteiger charge is -2.00. The molecule has 0 unspecified atom stereocenters. The van der Waals surface area contributed by atoms with E-state index in [1.165, 1.54) is 0 Å². The van der Waals surface area contributed by atoms with E-state index in [-0.39, 0.29) is 0 Å². The molecule has 0 atom stereocenters. The van der Waals surface area contributed by atoms with Gasteiger partial charge in [-0.25, -0.2) is 0 Å². The predicted molar refractivity (Wildman–Crippen MR) is 44.8 cm³/mol. The quantitative estimate of drug-likeness (QED) is 0.479. The third-order valence-corrected chi connectivity index (χ3v) is 1.61. The van der Waals surface area contributed by atoms with Crippen LogP contribution >= 0.6 is 11.6 Å². The number of anilines is 2. The number of alkyl halides is 1. The Balaban J connectivity index is 3.04. The maximum atomic E-state index is 5.55. The molecular formula is C7H9ClN2. The van der Waals surface area contributed by atoms with Gasteiger partial charge in [-0.3, -0.25) is 0 Å². The summed E-state index contributed by atoms with van der Waals surface area (Å²) in [6.45, 7) is 0. The van der Waals surface area contributed by atoms with Crippen molar-refractivity contribution < 1.29 is 0 Å². The summed E-state index contributed by atoms with van der Waals surface area (Å²) < 4.78 is 0. The highest BCUT2D eigenvalue weighted by molar-refractivity contribution is 6.17. The van der Waals surface area contributed by atoms with Gasteiger partial charge in [-0.05, 0) is 17.7 Å². The Morgan fingerprint density at radius 1 is 1.20 bits per heavy atom. The lowest BCUT2D eigenvalue weighted by molar-refractivity contribution is 1.41. The van der Waals surface area contributed by atoms with E-state index in [1.54, 1.807) is 12.1 Å². The van der Waals surface area contributed by atoms with Crippen molar-refractivity contribution in [2.24, 2.45) is 0 Å². The summed E-state index contributed by atoms with van der Waals surface area (Å²) in [5.74, 6) is 0.477. The highest BCUT2D eigenvalue weighted by Crippen LogP contribution is 2.16. The van der Waals surface area contributed by atoms with Crippen molar-refractivity contribution in [3.63, 3.8) is 0 Å². The van der Waals surface area contributed by atoms with Crippen LogP contribution in [0.4, 0.5) is 11.4 Å². The van der Waals surface area contributed by atoms with Crippen LogP contribution in [0.3, 0.4) is 0 Å². The minimum absolute atomic E-state index is 0.477. The normalized spacial score (nSPS) is 9.70. The van der Waals surface area contributed by atoms with Gasteiger partial charge in [0.1, 0.15) is 0 Å². The molecule has 0 saturated carbocycles. The van der Waals surface area contributed by atoms with E-state index in [1.807, 2.05) is 6.07 Å². The number of nitrogens with two attached hydrogens (primary N) is 2. The van der Waals surface area contributed by atoms with Crippen LogP contribution in [0, 0.1) is 0 Å². The van der Waals surface area contributed by atoms with Gasteiger partial charge in [-0.2, -0.15) is 0 Å². The largest absolute Gasteiger partial charge is 0.397 e. The van der Waals surface area contributed by atoms with Gasteiger partial charge in [0.15, 0.2) is 0 Å². The van der Waals surface area contributed by atoms with Crippen molar-refractivity contribution in [3.8, 4) is 0 Å². The van der Waals surface area contributed by atoms with Crippen LogP contribution < -0.4 is 11.5 Å². The third kappa shape index (κ3) is 1.33. The summed E-state index contributed by atoms with van der Waals surface area (Å²) >= 11 is 5.55. The first-order valence-corrected chi connectivity index (χ1v) is 3.47. The van der Waals surface area contributed by atoms with Crippen LogP contribution in [-0.2, 0) is 5.88 Å². The smallest absolute Gasteiger partial charge is 0.0550 e. The molecule has 3 heteroatoms. The van der Waals surface area contributed by atoms with Crippen molar-refractivity contribution in [2.45, 2.75) is 5.88 Å². The van der Waals surface area contributed by atoms with Gasteiger partial charge in [0, 0.05) is 5.88 Å². The Labute approximate surface area is 64.8 Å². The summed E-state index contributed by atoms with van der Waals surface area (Å²) in [5, 5.41) is 0. The summed E-state index contributed by atoms with van der Waals surface area (Å²) in [6, 6.07) is 5.40. The van der Waals surface area contributed by atoms with E-state index in [2.05, 4.69) is 0 Å². The van der Waals surface area contributed by atoms with Gasteiger partial charge in [0.2, 0.25) is 0 Å². The van der Waals surface area contributed by atoms with Crippen molar-refractivity contribution >= 4 is 23.0 Å². The Kier molecular flexibility index (Phi) is 2.02. The molecule has 0 aromatic heterocycles. The Bertz CT molecular complexity index is 235. The number of benzene rings is 1. The fraction of sp³-hybridized carbons (Fsp3) is 0.143. The second-order valence-corrected chi connectivity index (χ2v) is 2.36. The van der Waals surface area contributed by atoms with Crippen LogP contribution in [-0.4, -0.2) is 0 Å². The number of halogens is 1. The number of nitrogen functional groups attached to an aromatic ring is 2. The van der Waals surface area contributed by atoms with Gasteiger partial charge < -0.3 is 11.5 Å². The molecular weight excluding hydrogens is 148 g/mol. The SMILES string of the molecule is Nc1ccc(CCl)cc1N. The van der Waals surface area contributed by atoms with Crippen molar-refractivity contribution in [3.05, 3.63) is 23.8 Å². The van der Waals surface area contributed by atoms with E-state index in [9.17, 15) is 0 Å². The molecule has 0 fully saturated rings. The van der Waals surface area contributed by atoms with E-state index in [0.717, 1.165) is 5.56 Å². The van der Waals surface area contributed by atoms with Crippen LogP contribution in [0.25, 0.3) is 0 Å². The van der Waals surface area contributed by atoms with Crippen LogP contribution in [0.1, 0.15) is 5.56 Å². The van der Waals surface area contributed by atoms with E-state index < -0.39 is 0 Å². The summed E-state index contributed by atoms with van der Waals surface area (Å²) in [4.78, 5) is 0. The minimum atomic E-state index is 0.477. The summed E-state index contributed by atoms with van der Waals surface area (Å²) in [5.41, 5.74) is 13.2. The molecule has 1 aromatic carbocycles. The first kappa shape index (κ1) is 7.22. The molecule has 0 aliphatic heterocycles. The fourth-order valence-corrected chi connectivity index (χ4v) is 0.874. The molecule has 10 heavy (non-hydrogen) atoms. The monoisotopic (exact) mass is 156 g/mol. The zero-order chi connectivity index (χ0) is 7.56. The fourth-order valence-electron chi connectivity index (χ4n) is 0.707. The molecule has 1 rings (SSSR count). The molecule has 54 valence electrons.